The summed E-state index contributed by atoms with van der Waals surface area (Å²) in [6, 6.07) is 12.7. The van der Waals surface area contributed by atoms with Crippen molar-refractivity contribution in [3.05, 3.63) is 64.8 Å². The van der Waals surface area contributed by atoms with Gasteiger partial charge in [0, 0.05) is 20.4 Å². The zero-order valence-corrected chi connectivity index (χ0v) is 14.0. The molecule has 5 heteroatoms. The van der Waals surface area contributed by atoms with Crippen molar-refractivity contribution in [1.29, 1.82) is 0 Å². The summed E-state index contributed by atoms with van der Waals surface area (Å²) >= 11 is 5.58. The van der Waals surface area contributed by atoms with E-state index < -0.39 is 5.97 Å². The molecule has 2 aromatic carbocycles. The van der Waals surface area contributed by atoms with E-state index in [9.17, 15) is 9.59 Å². The maximum atomic E-state index is 12.8. The number of fused-ring (bicyclic) bond motifs is 2. The van der Waals surface area contributed by atoms with Gasteiger partial charge in [-0.15, -0.1) is 11.3 Å². The summed E-state index contributed by atoms with van der Waals surface area (Å²) in [6.07, 6.45) is 0.447. The predicted molar refractivity (Wildman–Crippen MR) is 98.8 cm³/mol. The third-order valence-electron chi connectivity index (χ3n) is 3.47. The van der Waals surface area contributed by atoms with Crippen LogP contribution in [0.15, 0.2) is 59.4 Å². The van der Waals surface area contributed by atoms with Crippen LogP contribution in [0.4, 0.5) is 0 Å². The molecule has 0 saturated carbocycles. The van der Waals surface area contributed by atoms with Crippen molar-refractivity contribution in [2.24, 2.45) is 0 Å². The molecule has 3 aromatic rings. The van der Waals surface area contributed by atoms with Gasteiger partial charge in [-0.1, -0.05) is 24.8 Å². The number of carbonyl (C=O) groups excluding carboxylic acids is 1. The quantitative estimate of drug-likeness (QED) is 0.254. The van der Waals surface area contributed by atoms with Gasteiger partial charge in [0.2, 0.25) is 0 Å². The molecule has 0 N–H and O–H groups in total. The van der Waals surface area contributed by atoms with Gasteiger partial charge in [0.15, 0.2) is 5.43 Å². The van der Waals surface area contributed by atoms with Crippen molar-refractivity contribution in [1.82, 2.24) is 0 Å². The molecule has 3 rings (SSSR count). The number of rotatable bonds is 4. The lowest BCUT2D eigenvalue weighted by molar-refractivity contribution is -0.130. The maximum Gasteiger partial charge on any atom is 0.338 e. The fourth-order valence-corrected chi connectivity index (χ4v) is 3.68. The number of hydrogen-bond acceptors (Lipinski definition) is 5. The van der Waals surface area contributed by atoms with Gasteiger partial charge in [-0.05, 0) is 36.4 Å². The number of esters is 1. The molecule has 3 nitrogen and oxygen atoms in total. The second-order valence-electron chi connectivity index (χ2n) is 5.02. The fraction of sp³-hybridized carbons (Fsp3) is 0.111. The highest BCUT2D eigenvalue weighted by molar-refractivity contribution is 7.80. The molecule has 23 heavy (non-hydrogen) atoms. The van der Waals surface area contributed by atoms with Gasteiger partial charge in [0.25, 0.3) is 0 Å². The first-order chi connectivity index (χ1) is 11.1. The smallest absolute Gasteiger partial charge is 0.338 e. The molecule has 0 unspecified atom stereocenters. The Hall–Kier alpha value is -2.11. The third-order valence-corrected chi connectivity index (χ3v) is 4.83. The first-order valence-corrected chi connectivity index (χ1v) is 8.52. The summed E-state index contributed by atoms with van der Waals surface area (Å²) in [5.41, 5.74) is 0.214. The summed E-state index contributed by atoms with van der Waals surface area (Å²) in [7, 11) is 0. The number of thiol groups is 1. The molecule has 0 bridgehead atoms. The van der Waals surface area contributed by atoms with Crippen molar-refractivity contribution in [2.45, 2.75) is 6.42 Å². The van der Waals surface area contributed by atoms with Crippen LogP contribution in [0.3, 0.4) is 0 Å². The minimum atomic E-state index is -0.524. The van der Waals surface area contributed by atoms with E-state index in [1.54, 1.807) is 18.2 Å². The van der Waals surface area contributed by atoms with Gasteiger partial charge in [-0.25, -0.2) is 4.79 Å². The zero-order chi connectivity index (χ0) is 16.4. The van der Waals surface area contributed by atoms with Gasteiger partial charge < -0.3 is 4.74 Å². The van der Waals surface area contributed by atoms with E-state index in [1.807, 2.05) is 24.3 Å². The number of carbonyl (C=O) groups is 1. The molecular weight excluding hydrogens is 328 g/mol. The van der Waals surface area contributed by atoms with Crippen LogP contribution in [-0.4, -0.2) is 11.7 Å². The molecule has 0 radical (unpaired) electrons. The first kappa shape index (κ1) is 15.8. The summed E-state index contributed by atoms with van der Waals surface area (Å²) in [5, 5.41) is 1.06. The Labute approximate surface area is 142 Å². The molecule has 1 heterocycles. The largest absolute Gasteiger partial charge is 0.422 e. The van der Waals surface area contributed by atoms with Crippen LogP contribution in [0.25, 0.3) is 20.2 Å². The Morgan fingerprint density at radius 2 is 1.87 bits per heavy atom. The molecule has 0 spiro atoms. The van der Waals surface area contributed by atoms with Gasteiger partial charge in [0.05, 0.1) is 5.39 Å². The third kappa shape index (κ3) is 3.02. The van der Waals surface area contributed by atoms with Crippen molar-refractivity contribution in [3.8, 4) is 5.75 Å². The van der Waals surface area contributed by atoms with Crippen molar-refractivity contribution in [2.75, 3.05) is 5.75 Å². The zero-order valence-electron chi connectivity index (χ0n) is 12.2. The Kier molecular flexibility index (Phi) is 4.50. The lowest BCUT2D eigenvalue weighted by Crippen LogP contribution is -2.13. The van der Waals surface area contributed by atoms with Crippen LogP contribution < -0.4 is 10.2 Å². The summed E-state index contributed by atoms with van der Waals surface area (Å²) in [5.74, 6) is 0.270. The van der Waals surface area contributed by atoms with Crippen LogP contribution in [-0.2, 0) is 4.79 Å². The van der Waals surface area contributed by atoms with Gasteiger partial charge in [-0.2, -0.15) is 12.6 Å². The molecule has 0 atom stereocenters. The molecule has 0 amide bonds. The first-order valence-electron chi connectivity index (χ1n) is 7.07. The Morgan fingerprint density at radius 1 is 1.13 bits per heavy atom. The summed E-state index contributed by atoms with van der Waals surface area (Å²) in [4.78, 5) is 24.8. The highest BCUT2D eigenvalue weighted by Crippen LogP contribution is 2.30. The van der Waals surface area contributed by atoms with E-state index in [2.05, 4.69) is 19.2 Å². The number of ether oxygens (including phenoxy) is 1. The van der Waals surface area contributed by atoms with Crippen LogP contribution in [0, 0.1) is 0 Å². The molecule has 0 fully saturated rings. The lowest BCUT2D eigenvalue weighted by atomic mass is 10.1. The SMILES string of the molecule is C=C(CCS)C(=O)Oc1cccc2sc3ccccc3c(=O)c12. The van der Waals surface area contributed by atoms with Crippen LogP contribution in [0.1, 0.15) is 6.42 Å². The lowest BCUT2D eigenvalue weighted by Gasteiger charge is -2.09. The monoisotopic (exact) mass is 342 g/mol. The predicted octanol–water partition coefficient (Wildman–Crippen LogP) is 4.20. The number of benzene rings is 2. The molecule has 0 aliphatic rings. The standard InChI is InChI=1S/C18H14O3S2/c1-11(9-10-22)18(20)21-13-6-4-8-15-16(13)17(19)12-5-2-3-7-14(12)23-15/h2-8,22H,1,9-10H2. The van der Waals surface area contributed by atoms with E-state index in [0.717, 1.165) is 9.40 Å². The highest BCUT2D eigenvalue weighted by Gasteiger charge is 2.15. The second-order valence-corrected chi connectivity index (χ2v) is 6.55. The maximum absolute atomic E-state index is 12.8. The average molecular weight is 342 g/mol. The summed E-state index contributed by atoms with van der Waals surface area (Å²) in [6.45, 7) is 3.69. The summed E-state index contributed by atoms with van der Waals surface area (Å²) < 4.78 is 7.11. The van der Waals surface area contributed by atoms with Crippen molar-refractivity contribution >= 4 is 50.1 Å². The van der Waals surface area contributed by atoms with Crippen molar-refractivity contribution in [3.63, 3.8) is 0 Å². The fourth-order valence-electron chi connectivity index (χ4n) is 2.31. The van der Waals surface area contributed by atoms with Gasteiger partial charge >= 0.3 is 5.97 Å². The van der Waals surface area contributed by atoms with Gasteiger partial charge in [0.1, 0.15) is 5.75 Å². The van der Waals surface area contributed by atoms with E-state index in [0.29, 0.717) is 28.5 Å². The van der Waals surface area contributed by atoms with E-state index in [4.69, 9.17) is 4.74 Å². The Morgan fingerprint density at radius 3 is 2.65 bits per heavy atom. The molecule has 0 saturated heterocycles. The van der Waals surface area contributed by atoms with Crippen LogP contribution in [0.5, 0.6) is 5.75 Å². The van der Waals surface area contributed by atoms with E-state index in [1.165, 1.54) is 11.3 Å². The van der Waals surface area contributed by atoms with Crippen LogP contribution in [0.2, 0.25) is 0 Å². The Bertz CT molecular complexity index is 973. The molecule has 1 aromatic heterocycles. The van der Waals surface area contributed by atoms with Crippen molar-refractivity contribution < 1.29 is 9.53 Å². The molecule has 0 aliphatic heterocycles. The van der Waals surface area contributed by atoms with Crippen LogP contribution >= 0.6 is 24.0 Å². The number of hydrogen-bond donors (Lipinski definition) is 1. The minimum Gasteiger partial charge on any atom is -0.422 e. The topological polar surface area (TPSA) is 43.4 Å². The van der Waals surface area contributed by atoms with E-state index in [-0.39, 0.29) is 11.2 Å². The average Bonchev–Trinajstić information content (AvgIpc) is 2.55. The molecular formula is C18H14O3S2. The van der Waals surface area contributed by atoms with Gasteiger partial charge in [-0.3, -0.25) is 4.79 Å². The Balaban J connectivity index is 2.15. The van der Waals surface area contributed by atoms with E-state index >= 15 is 0 Å². The molecule has 116 valence electrons. The highest BCUT2D eigenvalue weighted by atomic mass is 32.1. The molecule has 0 aliphatic carbocycles. The minimum absolute atomic E-state index is 0.127. The normalized spacial score (nSPS) is 10.8. The second kappa shape index (κ2) is 6.56.